The predicted octanol–water partition coefficient (Wildman–Crippen LogP) is 2.64. The number of pyridine rings is 1. The first-order valence-corrected chi connectivity index (χ1v) is 6.21. The lowest BCUT2D eigenvalue weighted by Crippen LogP contribution is -2.03. The SMILES string of the molecule is CC[C@H](O)c1ccc(-n2nc(C)c(C)c2C)cn1. The molecule has 4 nitrogen and oxygen atoms in total. The number of aryl methyl sites for hydroxylation is 1. The van der Waals surface area contributed by atoms with E-state index in [9.17, 15) is 5.11 Å². The molecule has 0 fully saturated rings. The molecule has 4 heteroatoms. The van der Waals surface area contributed by atoms with Crippen LogP contribution in [0.1, 0.15) is 42.1 Å². The van der Waals surface area contributed by atoms with Crippen molar-refractivity contribution in [3.63, 3.8) is 0 Å². The summed E-state index contributed by atoms with van der Waals surface area (Å²) in [6.07, 6.45) is 1.94. The van der Waals surface area contributed by atoms with Crippen LogP contribution in [-0.2, 0) is 0 Å². The van der Waals surface area contributed by atoms with Crippen LogP contribution in [0.2, 0.25) is 0 Å². The first-order chi connectivity index (χ1) is 8.54. The fourth-order valence-electron chi connectivity index (χ4n) is 1.90. The average molecular weight is 245 g/mol. The first-order valence-electron chi connectivity index (χ1n) is 6.21. The Morgan fingerprint density at radius 1 is 1.28 bits per heavy atom. The van der Waals surface area contributed by atoms with E-state index in [1.807, 2.05) is 37.6 Å². The van der Waals surface area contributed by atoms with Gasteiger partial charge in [-0.05, 0) is 44.9 Å². The molecule has 0 spiro atoms. The van der Waals surface area contributed by atoms with Crippen molar-refractivity contribution < 1.29 is 5.11 Å². The number of hydrogen-bond donors (Lipinski definition) is 1. The largest absolute Gasteiger partial charge is 0.387 e. The van der Waals surface area contributed by atoms with Crippen molar-refractivity contribution in [2.75, 3.05) is 0 Å². The van der Waals surface area contributed by atoms with Crippen molar-refractivity contribution in [2.24, 2.45) is 0 Å². The monoisotopic (exact) mass is 245 g/mol. The number of aliphatic hydroxyl groups excluding tert-OH is 1. The third-order valence-corrected chi connectivity index (χ3v) is 3.40. The van der Waals surface area contributed by atoms with Crippen molar-refractivity contribution in [1.29, 1.82) is 0 Å². The van der Waals surface area contributed by atoms with Gasteiger partial charge in [0.05, 0.1) is 29.4 Å². The molecule has 0 amide bonds. The van der Waals surface area contributed by atoms with Crippen LogP contribution in [0.3, 0.4) is 0 Å². The van der Waals surface area contributed by atoms with Crippen LogP contribution in [0, 0.1) is 20.8 Å². The zero-order chi connectivity index (χ0) is 13.3. The molecule has 96 valence electrons. The van der Waals surface area contributed by atoms with E-state index in [0.717, 1.165) is 17.1 Å². The minimum atomic E-state index is -0.485. The smallest absolute Gasteiger partial charge is 0.0957 e. The Kier molecular flexibility index (Phi) is 3.48. The molecule has 0 bridgehead atoms. The molecule has 2 aromatic rings. The van der Waals surface area contributed by atoms with Gasteiger partial charge in [-0.3, -0.25) is 4.98 Å². The molecule has 1 N–H and O–H groups in total. The highest BCUT2D eigenvalue weighted by Crippen LogP contribution is 2.18. The lowest BCUT2D eigenvalue weighted by atomic mass is 10.2. The first kappa shape index (κ1) is 12.8. The molecule has 2 aromatic heterocycles. The standard InChI is InChI=1S/C14H19N3O/c1-5-14(18)13-7-6-12(8-15-13)17-11(4)9(2)10(3)16-17/h6-8,14,18H,5H2,1-4H3/t14-/m0/s1. The molecule has 0 saturated heterocycles. The normalized spacial score (nSPS) is 12.7. The lowest BCUT2D eigenvalue weighted by Gasteiger charge is -2.09. The second-order valence-electron chi connectivity index (χ2n) is 4.57. The summed E-state index contributed by atoms with van der Waals surface area (Å²) in [5, 5.41) is 14.2. The molecule has 1 atom stereocenters. The lowest BCUT2D eigenvalue weighted by molar-refractivity contribution is 0.169. The number of hydrogen-bond acceptors (Lipinski definition) is 3. The van der Waals surface area contributed by atoms with Crippen LogP contribution in [0.15, 0.2) is 18.3 Å². The van der Waals surface area contributed by atoms with Crippen LogP contribution in [-0.4, -0.2) is 19.9 Å². The molecule has 0 saturated carbocycles. The molecule has 0 aromatic carbocycles. The molecular weight excluding hydrogens is 226 g/mol. The molecule has 2 rings (SSSR count). The van der Waals surface area contributed by atoms with Gasteiger partial charge in [0.15, 0.2) is 0 Å². The summed E-state index contributed by atoms with van der Waals surface area (Å²) in [6.45, 7) is 8.05. The summed E-state index contributed by atoms with van der Waals surface area (Å²) < 4.78 is 1.89. The Morgan fingerprint density at radius 2 is 2.00 bits per heavy atom. The highest BCUT2D eigenvalue weighted by Gasteiger charge is 2.10. The van der Waals surface area contributed by atoms with Gasteiger partial charge in [-0.25, -0.2) is 4.68 Å². The summed E-state index contributed by atoms with van der Waals surface area (Å²) in [6, 6.07) is 3.80. The van der Waals surface area contributed by atoms with Gasteiger partial charge in [-0.15, -0.1) is 0 Å². The molecular formula is C14H19N3O. The van der Waals surface area contributed by atoms with Crippen LogP contribution in [0.25, 0.3) is 5.69 Å². The highest BCUT2D eigenvalue weighted by atomic mass is 16.3. The predicted molar refractivity (Wildman–Crippen MR) is 70.8 cm³/mol. The van der Waals surface area contributed by atoms with E-state index in [0.29, 0.717) is 12.1 Å². The van der Waals surface area contributed by atoms with Gasteiger partial charge in [-0.2, -0.15) is 5.10 Å². The zero-order valence-electron chi connectivity index (χ0n) is 11.3. The number of nitrogens with zero attached hydrogens (tertiary/aromatic N) is 3. The van der Waals surface area contributed by atoms with Gasteiger partial charge < -0.3 is 5.11 Å². The molecule has 2 heterocycles. The number of aliphatic hydroxyl groups is 1. The van der Waals surface area contributed by atoms with Gasteiger partial charge in [0, 0.05) is 5.69 Å². The minimum absolute atomic E-state index is 0.485. The average Bonchev–Trinajstić information content (AvgIpc) is 2.66. The minimum Gasteiger partial charge on any atom is -0.387 e. The fraction of sp³-hybridized carbons (Fsp3) is 0.429. The van der Waals surface area contributed by atoms with Crippen molar-refractivity contribution in [3.8, 4) is 5.69 Å². The van der Waals surface area contributed by atoms with Gasteiger partial charge >= 0.3 is 0 Å². The molecule has 0 radical (unpaired) electrons. The third-order valence-electron chi connectivity index (χ3n) is 3.40. The summed E-state index contributed by atoms with van der Waals surface area (Å²) in [7, 11) is 0. The Morgan fingerprint density at radius 3 is 2.44 bits per heavy atom. The molecule has 0 aliphatic carbocycles. The van der Waals surface area contributed by atoms with Crippen molar-refractivity contribution >= 4 is 0 Å². The Bertz CT molecular complexity index is 543. The fourth-order valence-corrected chi connectivity index (χ4v) is 1.90. The molecule has 0 unspecified atom stereocenters. The Labute approximate surface area is 107 Å². The summed E-state index contributed by atoms with van der Waals surface area (Å²) >= 11 is 0. The maximum absolute atomic E-state index is 9.71. The van der Waals surface area contributed by atoms with E-state index in [1.165, 1.54) is 5.56 Å². The van der Waals surface area contributed by atoms with E-state index in [2.05, 4.69) is 17.0 Å². The number of aromatic nitrogens is 3. The Balaban J connectivity index is 2.37. The molecule has 0 aliphatic rings. The van der Waals surface area contributed by atoms with Gasteiger partial charge in [-0.1, -0.05) is 6.92 Å². The summed E-state index contributed by atoms with van der Waals surface area (Å²) in [4.78, 5) is 4.30. The summed E-state index contributed by atoms with van der Waals surface area (Å²) in [5.74, 6) is 0. The van der Waals surface area contributed by atoms with Gasteiger partial charge in [0.1, 0.15) is 0 Å². The second-order valence-corrected chi connectivity index (χ2v) is 4.57. The van der Waals surface area contributed by atoms with E-state index in [-0.39, 0.29) is 0 Å². The maximum Gasteiger partial charge on any atom is 0.0957 e. The van der Waals surface area contributed by atoms with Gasteiger partial charge in [0.25, 0.3) is 0 Å². The zero-order valence-corrected chi connectivity index (χ0v) is 11.3. The quantitative estimate of drug-likeness (QED) is 0.904. The van der Waals surface area contributed by atoms with E-state index < -0.39 is 6.10 Å². The van der Waals surface area contributed by atoms with Crippen molar-refractivity contribution in [1.82, 2.24) is 14.8 Å². The van der Waals surface area contributed by atoms with Crippen LogP contribution in [0.4, 0.5) is 0 Å². The Hall–Kier alpha value is -1.68. The molecule has 18 heavy (non-hydrogen) atoms. The van der Waals surface area contributed by atoms with Crippen LogP contribution in [0.5, 0.6) is 0 Å². The second kappa shape index (κ2) is 4.90. The van der Waals surface area contributed by atoms with Crippen molar-refractivity contribution in [3.05, 3.63) is 41.0 Å². The summed E-state index contributed by atoms with van der Waals surface area (Å²) in [5.41, 5.74) is 4.99. The van der Waals surface area contributed by atoms with Crippen LogP contribution < -0.4 is 0 Å². The maximum atomic E-state index is 9.71. The van der Waals surface area contributed by atoms with E-state index in [4.69, 9.17) is 0 Å². The van der Waals surface area contributed by atoms with Crippen molar-refractivity contribution in [2.45, 2.75) is 40.2 Å². The topological polar surface area (TPSA) is 50.9 Å². The van der Waals surface area contributed by atoms with E-state index >= 15 is 0 Å². The van der Waals surface area contributed by atoms with Gasteiger partial charge in [0.2, 0.25) is 0 Å². The third kappa shape index (κ3) is 2.16. The van der Waals surface area contributed by atoms with Crippen LogP contribution >= 0.6 is 0 Å². The highest BCUT2D eigenvalue weighted by molar-refractivity contribution is 5.35. The molecule has 0 aliphatic heterocycles. The number of rotatable bonds is 3. The van der Waals surface area contributed by atoms with E-state index in [1.54, 1.807) is 6.20 Å².